The molecule has 0 saturated heterocycles. The van der Waals surface area contributed by atoms with E-state index in [2.05, 4.69) is 20.6 Å². The standard InChI is InChI=1S/C14H15FN4O/c1-16-13-9-18-12(8-19-13)14(20)17-7-6-10-2-4-11(15)5-3-10/h2-5,8-9H,6-7H2,1H3,(H,16,19)(H,17,20). The minimum atomic E-state index is -0.276. The molecule has 2 aromatic rings. The van der Waals surface area contributed by atoms with Crippen LogP contribution in [-0.2, 0) is 6.42 Å². The summed E-state index contributed by atoms with van der Waals surface area (Å²) >= 11 is 0. The molecule has 0 spiro atoms. The van der Waals surface area contributed by atoms with Crippen LogP contribution in [0.2, 0.25) is 0 Å². The van der Waals surface area contributed by atoms with Crippen LogP contribution in [0.25, 0.3) is 0 Å². The highest BCUT2D eigenvalue weighted by atomic mass is 19.1. The molecular formula is C14H15FN4O. The van der Waals surface area contributed by atoms with Gasteiger partial charge in [-0.3, -0.25) is 4.79 Å². The fourth-order valence-electron chi connectivity index (χ4n) is 1.64. The maximum absolute atomic E-state index is 12.7. The smallest absolute Gasteiger partial charge is 0.271 e. The first-order valence-electron chi connectivity index (χ1n) is 6.21. The zero-order valence-corrected chi connectivity index (χ0v) is 11.1. The Morgan fingerprint density at radius 2 is 1.95 bits per heavy atom. The highest BCUT2D eigenvalue weighted by Gasteiger charge is 2.07. The number of rotatable bonds is 5. The third-order valence-electron chi connectivity index (χ3n) is 2.75. The molecule has 0 radical (unpaired) electrons. The normalized spacial score (nSPS) is 10.1. The summed E-state index contributed by atoms with van der Waals surface area (Å²) < 4.78 is 12.7. The molecule has 0 aliphatic rings. The molecule has 6 heteroatoms. The average molecular weight is 274 g/mol. The topological polar surface area (TPSA) is 66.9 Å². The number of halogens is 1. The summed E-state index contributed by atoms with van der Waals surface area (Å²) in [6.07, 6.45) is 3.54. The first-order valence-corrected chi connectivity index (χ1v) is 6.21. The molecule has 104 valence electrons. The van der Waals surface area contributed by atoms with Crippen molar-refractivity contribution in [1.82, 2.24) is 15.3 Å². The molecule has 1 amide bonds. The monoisotopic (exact) mass is 274 g/mol. The molecule has 0 aliphatic heterocycles. The SMILES string of the molecule is CNc1cnc(C(=O)NCCc2ccc(F)cc2)cn1. The van der Waals surface area contributed by atoms with E-state index in [1.807, 2.05) is 0 Å². The summed E-state index contributed by atoms with van der Waals surface area (Å²) in [5, 5.41) is 5.57. The van der Waals surface area contributed by atoms with E-state index in [1.165, 1.54) is 24.5 Å². The van der Waals surface area contributed by atoms with Crippen LogP contribution in [-0.4, -0.2) is 29.5 Å². The van der Waals surface area contributed by atoms with E-state index in [9.17, 15) is 9.18 Å². The number of hydrogen-bond acceptors (Lipinski definition) is 4. The van der Waals surface area contributed by atoms with Crippen LogP contribution in [0.1, 0.15) is 16.1 Å². The van der Waals surface area contributed by atoms with Crippen molar-refractivity contribution in [3.63, 3.8) is 0 Å². The number of carbonyl (C=O) groups is 1. The molecule has 0 fully saturated rings. The van der Waals surface area contributed by atoms with Crippen molar-refractivity contribution in [2.24, 2.45) is 0 Å². The van der Waals surface area contributed by atoms with Gasteiger partial charge >= 0.3 is 0 Å². The molecule has 2 rings (SSSR count). The second-order valence-electron chi connectivity index (χ2n) is 4.17. The van der Waals surface area contributed by atoms with E-state index in [0.29, 0.717) is 18.8 Å². The second-order valence-corrected chi connectivity index (χ2v) is 4.17. The zero-order valence-electron chi connectivity index (χ0n) is 11.1. The Bertz CT molecular complexity index is 569. The molecule has 1 aromatic heterocycles. The molecule has 20 heavy (non-hydrogen) atoms. The van der Waals surface area contributed by atoms with Crippen LogP contribution in [0.5, 0.6) is 0 Å². The van der Waals surface area contributed by atoms with Gasteiger partial charge in [0.05, 0.1) is 12.4 Å². The van der Waals surface area contributed by atoms with E-state index in [0.717, 1.165) is 5.56 Å². The lowest BCUT2D eigenvalue weighted by molar-refractivity contribution is 0.0949. The fourth-order valence-corrected chi connectivity index (χ4v) is 1.64. The number of nitrogens with zero attached hydrogens (tertiary/aromatic N) is 2. The first-order chi connectivity index (χ1) is 9.69. The van der Waals surface area contributed by atoms with Gasteiger partial charge in [-0.25, -0.2) is 14.4 Å². The predicted octanol–water partition coefficient (Wildman–Crippen LogP) is 1.63. The quantitative estimate of drug-likeness (QED) is 0.869. The number of benzene rings is 1. The zero-order chi connectivity index (χ0) is 14.4. The molecule has 1 heterocycles. The summed E-state index contributed by atoms with van der Waals surface area (Å²) in [7, 11) is 1.73. The number of nitrogens with one attached hydrogen (secondary N) is 2. The highest BCUT2D eigenvalue weighted by molar-refractivity contribution is 5.91. The van der Waals surface area contributed by atoms with Gasteiger partial charge < -0.3 is 10.6 Å². The van der Waals surface area contributed by atoms with E-state index in [1.54, 1.807) is 19.2 Å². The Labute approximate surface area is 116 Å². The van der Waals surface area contributed by atoms with E-state index < -0.39 is 0 Å². The predicted molar refractivity (Wildman–Crippen MR) is 74.0 cm³/mol. The average Bonchev–Trinajstić information content (AvgIpc) is 2.49. The summed E-state index contributed by atoms with van der Waals surface area (Å²) in [4.78, 5) is 19.8. The Morgan fingerprint density at radius 1 is 1.20 bits per heavy atom. The lowest BCUT2D eigenvalue weighted by atomic mass is 10.1. The van der Waals surface area contributed by atoms with E-state index in [-0.39, 0.29) is 17.4 Å². The van der Waals surface area contributed by atoms with Crippen LogP contribution >= 0.6 is 0 Å². The van der Waals surface area contributed by atoms with Crippen LogP contribution in [0, 0.1) is 5.82 Å². The molecule has 0 atom stereocenters. The van der Waals surface area contributed by atoms with Gasteiger partial charge in [0.15, 0.2) is 0 Å². The van der Waals surface area contributed by atoms with Gasteiger partial charge in [0, 0.05) is 13.6 Å². The molecule has 5 nitrogen and oxygen atoms in total. The van der Waals surface area contributed by atoms with Gasteiger partial charge in [-0.2, -0.15) is 0 Å². The van der Waals surface area contributed by atoms with Gasteiger partial charge in [0.1, 0.15) is 17.3 Å². The maximum atomic E-state index is 12.7. The van der Waals surface area contributed by atoms with Crippen LogP contribution in [0.3, 0.4) is 0 Å². The minimum absolute atomic E-state index is 0.266. The van der Waals surface area contributed by atoms with Crippen LogP contribution in [0.15, 0.2) is 36.7 Å². The van der Waals surface area contributed by atoms with Crippen molar-refractivity contribution in [1.29, 1.82) is 0 Å². The highest BCUT2D eigenvalue weighted by Crippen LogP contribution is 2.03. The Balaban J connectivity index is 1.83. The van der Waals surface area contributed by atoms with Gasteiger partial charge in [0.25, 0.3) is 5.91 Å². The second kappa shape index (κ2) is 6.60. The summed E-state index contributed by atoms with van der Waals surface area (Å²) in [6, 6.07) is 6.20. The van der Waals surface area contributed by atoms with Gasteiger partial charge in [-0.05, 0) is 24.1 Å². The number of anilines is 1. The van der Waals surface area contributed by atoms with Crippen molar-refractivity contribution in [3.8, 4) is 0 Å². The Hall–Kier alpha value is -2.50. The van der Waals surface area contributed by atoms with E-state index >= 15 is 0 Å². The molecule has 2 N–H and O–H groups in total. The lowest BCUT2D eigenvalue weighted by Crippen LogP contribution is -2.26. The fraction of sp³-hybridized carbons (Fsp3) is 0.214. The van der Waals surface area contributed by atoms with Gasteiger partial charge in [-0.15, -0.1) is 0 Å². The van der Waals surface area contributed by atoms with Gasteiger partial charge in [-0.1, -0.05) is 12.1 Å². The van der Waals surface area contributed by atoms with Crippen LogP contribution < -0.4 is 10.6 Å². The Morgan fingerprint density at radius 3 is 2.55 bits per heavy atom. The number of aromatic nitrogens is 2. The Kier molecular flexibility index (Phi) is 4.60. The molecule has 0 saturated carbocycles. The molecule has 0 unspecified atom stereocenters. The summed E-state index contributed by atoms with van der Waals surface area (Å²) in [5.41, 5.74) is 1.23. The lowest BCUT2D eigenvalue weighted by Gasteiger charge is -2.05. The summed E-state index contributed by atoms with van der Waals surface area (Å²) in [5.74, 6) is 0.0628. The third kappa shape index (κ3) is 3.74. The first kappa shape index (κ1) is 13.9. The van der Waals surface area contributed by atoms with E-state index in [4.69, 9.17) is 0 Å². The minimum Gasteiger partial charge on any atom is -0.372 e. The molecule has 0 aliphatic carbocycles. The molecular weight excluding hydrogens is 259 g/mol. The van der Waals surface area contributed by atoms with Gasteiger partial charge in [0.2, 0.25) is 0 Å². The maximum Gasteiger partial charge on any atom is 0.271 e. The molecule has 0 bridgehead atoms. The number of amides is 1. The van der Waals surface area contributed by atoms with Crippen molar-refractivity contribution < 1.29 is 9.18 Å². The molecule has 1 aromatic carbocycles. The third-order valence-corrected chi connectivity index (χ3v) is 2.75. The van der Waals surface area contributed by atoms with Crippen molar-refractivity contribution in [2.75, 3.05) is 18.9 Å². The van der Waals surface area contributed by atoms with Crippen molar-refractivity contribution in [2.45, 2.75) is 6.42 Å². The van der Waals surface area contributed by atoms with Crippen molar-refractivity contribution in [3.05, 3.63) is 53.7 Å². The number of hydrogen-bond donors (Lipinski definition) is 2. The largest absolute Gasteiger partial charge is 0.372 e. The van der Waals surface area contributed by atoms with Crippen molar-refractivity contribution >= 4 is 11.7 Å². The van der Waals surface area contributed by atoms with Crippen LogP contribution in [0.4, 0.5) is 10.2 Å². The number of carbonyl (C=O) groups excluding carboxylic acids is 1. The summed E-state index contributed by atoms with van der Waals surface area (Å²) in [6.45, 7) is 0.458.